The fourth-order valence-corrected chi connectivity index (χ4v) is 0.583. The summed E-state index contributed by atoms with van der Waals surface area (Å²) < 4.78 is 3.76. The van der Waals surface area contributed by atoms with Crippen molar-refractivity contribution in [2.24, 2.45) is 16.1 Å². The minimum absolute atomic E-state index is 0.186. The van der Waals surface area contributed by atoms with Crippen LogP contribution in [-0.4, -0.2) is 21.6 Å². The molecule has 0 saturated heterocycles. The predicted molar refractivity (Wildman–Crippen MR) is 38.3 cm³/mol. The molecule has 0 aromatic carbocycles. The zero-order valence-corrected chi connectivity index (χ0v) is 6.10. The lowest BCUT2D eigenvalue weighted by Gasteiger charge is -1.99. The van der Waals surface area contributed by atoms with Crippen LogP contribution in [-0.2, 0) is 0 Å². The van der Waals surface area contributed by atoms with Gasteiger partial charge in [-0.15, -0.1) is 0 Å². The summed E-state index contributed by atoms with van der Waals surface area (Å²) >= 11 is 0. The molecule has 0 aromatic rings. The van der Waals surface area contributed by atoms with E-state index in [1.165, 1.54) is 0 Å². The highest BCUT2D eigenvalue weighted by Crippen LogP contribution is 1.60. The van der Waals surface area contributed by atoms with Crippen molar-refractivity contribution in [2.45, 2.75) is 6.55 Å². The van der Waals surface area contributed by atoms with Crippen molar-refractivity contribution in [3.05, 3.63) is 0 Å². The van der Waals surface area contributed by atoms with E-state index in [4.69, 9.17) is 16.9 Å². The van der Waals surface area contributed by atoms with Gasteiger partial charge in [0.2, 0.25) is 9.68 Å². The fourth-order valence-electron chi connectivity index (χ4n) is 0.286. The second-order valence-corrected chi connectivity index (χ2v) is 1.93. The summed E-state index contributed by atoms with van der Waals surface area (Å²) in [6, 6.07) is 0. The lowest BCUT2D eigenvalue weighted by atomic mass is 10.9. The summed E-state index contributed by atoms with van der Waals surface area (Å²) in [5, 5.41) is 9.05. The SMILES string of the molecule is C[Si]/N=C(\N)NC(=N)N. The third-order valence-electron chi connectivity index (χ3n) is 0.495. The number of nitrogens with zero attached hydrogens (tertiary/aromatic N) is 1. The van der Waals surface area contributed by atoms with Crippen molar-refractivity contribution in [1.29, 1.82) is 5.41 Å². The Morgan fingerprint density at radius 3 is 2.56 bits per heavy atom. The van der Waals surface area contributed by atoms with E-state index in [-0.39, 0.29) is 11.9 Å². The molecule has 0 atom stereocenters. The van der Waals surface area contributed by atoms with Crippen molar-refractivity contribution >= 4 is 21.6 Å². The monoisotopic (exact) mass is 143 g/mol. The third kappa shape index (κ3) is 4.82. The van der Waals surface area contributed by atoms with Crippen LogP contribution in [0.15, 0.2) is 4.66 Å². The lowest BCUT2D eigenvalue weighted by molar-refractivity contribution is 1.22. The van der Waals surface area contributed by atoms with Gasteiger partial charge in [-0.1, -0.05) is 6.55 Å². The van der Waals surface area contributed by atoms with E-state index in [2.05, 4.69) is 9.97 Å². The summed E-state index contributed by atoms with van der Waals surface area (Å²) in [5.74, 6) is 0.0119. The van der Waals surface area contributed by atoms with E-state index in [1.54, 1.807) is 0 Å². The molecule has 0 spiro atoms. The number of hydrogen-bond acceptors (Lipinski definition) is 2. The zero-order valence-electron chi connectivity index (χ0n) is 5.10. The Bertz CT molecular complexity index is 130. The predicted octanol–water partition coefficient (Wildman–Crippen LogP) is -1.55. The molecule has 2 radical (unpaired) electrons. The molecule has 0 aliphatic carbocycles. The first-order chi connectivity index (χ1) is 4.16. The van der Waals surface area contributed by atoms with Crippen LogP contribution in [0.25, 0.3) is 0 Å². The maximum Gasteiger partial charge on any atom is 0.211 e. The van der Waals surface area contributed by atoms with Gasteiger partial charge in [0.05, 0.1) is 0 Å². The van der Waals surface area contributed by atoms with Crippen LogP contribution in [0.1, 0.15) is 0 Å². The van der Waals surface area contributed by atoms with Gasteiger partial charge in [-0.3, -0.25) is 15.4 Å². The molecule has 6 N–H and O–H groups in total. The van der Waals surface area contributed by atoms with E-state index in [0.29, 0.717) is 9.68 Å². The molecular formula is C3H9N5Si. The minimum atomic E-state index is -0.186. The topological polar surface area (TPSA) is 100 Å². The van der Waals surface area contributed by atoms with Crippen LogP contribution in [0.3, 0.4) is 0 Å². The Labute approximate surface area is 55.9 Å². The minimum Gasteiger partial charge on any atom is -0.370 e. The lowest BCUT2D eigenvalue weighted by Crippen LogP contribution is -2.40. The average Bonchev–Trinajstić information content (AvgIpc) is 1.63. The molecule has 50 valence electrons. The Morgan fingerprint density at radius 2 is 2.22 bits per heavy atom. The second-order valence-electron chi connectivity index (χ2n) is 1.26. The largest absolute Gasteiger partial charge is 0.370 e. The molecule has 0 rings (SSSR count). The Kier molecular flexibility index (Phi) is 3.45. The summed E-state index contributed by atoms with van der Waals surface area (Å²) in [4.78, 5) is 0. The van der Waals surface area contributed by atoms with E-state index in [1.807, 2.05) is 6.55 Å². The first kappa shape index (κ1) is 7.96. The van der Waals surface area contributed by atoms with Crippen molar-refractivity contribution in [2.75, 3.05) is 0 Å². The van der Waals surface area contributed by atoms with Gasteiger partial charge in [-0.25, -0.2) is 0 Å². The number of nitrogens with two attached hydrogens (primary N) is 2. The molecule has 0 unspecified atom stereocenters. The molecule has 0 aromatic heterocycles. The number of hydrogen-bond donors (Lipinski definition) is 4. The molecule has 0 amide bonds. The molecule has 0 heterocycles. The molecule has 0 aliphatic heterocycles. The molecule has 0 fully saturated rings. The van der Waals surface area contributed by atoms with Gasteiger partial charge in [-0.2, -0.15) is 0 Å². The molecule has 5 nitrogen and oxygen atoms in total. The van der Waals surface area contributed by atoms with E-state index in [0.717, 1.165) is 0 Å². The Balaban J connectivity index is 3.62. The number of rotatable bonds is 1. The van der Waals surface area contributed by atoms with Gasteiger partial charge in [0.25, 0.3) is 0 Å². The highest BCUT2D eigenvalue weighted by molar-refractivity contribution is 6.34. The fraction of sp³-hybridized carbons (Fsp3) is 0.333. The molecule has 0 saturated carbocycles. The van der Waals surface area contributed by atoms with Crippen LogP contribution in [0.2, 0.25) is 6.55 Å². The van der Waals surface area contributed by atoms with Crippen molar-refractivity contribution in [1.82, 2.24) is 5.32 Å². The maximum atomic E-state index is 6.71. The maximum absolute atomic E-state index is 6.71. The third-order valence-corrected chi connectivity index (χ3v) is 0.960. The summed E-state index contributed by atoms with van der Waals surface area (Å²) in [7, 11) is 0.386. The molecule has 6 heteroatoms. The van der Waals surface area contributed by atoms with Crippen LogP contribution < -0.4 is 16.8 Å². The quantitative estimate of drug-likeness (QED) is 0.203. The highest BCUT2D eigenvalue weighted by Gasteiger charge is 1.88. The first-order valence-corrected chi connectivity index (χ1v) is 3.72. The standard InChI is InChI=1S/C3H9N5Si/c1-9-8-3(6)7-2(4)5/h1H3,(H6,4,5,6,7,8). The van der Waals surface area contributed by atoms with Crippen molar-refractivity contribution in [3.63, 3.8) is 0 Å². The van der Waals surface area contributed by atoms with Gasteiger partial charge in [0.15, 0.2) is 11.9 Å². The van der Waals surface area contributed by atoms with Gasteiger partial charge in [0, 0.05) is 0 Å². The number of nitrogens with one attached hydrogen (secondary N) is 2. The average molecular weight is 143 g/mol. The molecule has 0 aliphatic rings. The normalized spacial score (nSPS) is 11.0. The van der Waals surface area contributed by atoms with Crippen LogP contribution in [0.5, 0.6) is 0 Å². The van der Waals surface area contributed by atoms with Crippen LogP contribution in [0, 0.1) is 5.41 Å². The van der Waals surface area contributed by atoms with Gasteiger partial charge in [-0.05, 0) is 0 Å². The van der Waals surface area contributed by atoms with E-state index < -0.39 is 0 Å². The van der Waals surface area contributed by atoms with Crippen LogP contribution >= 0.6 is 0 Å². The number of guanidine groups is 2. The van der Waals surface area contributed by atoms with Crippen molar-refractivity contribution < 1.29 is 0 Å². The summed E-state index contributed by atoms with van der Waals surface area (Å²) in [5.41, 5.74) is 10.1. The van der Waals surface area contributed by atoms with E-state index in [9.17, 15) is 0 Å². The first-order valence-electron chi connectivity index (χ1n) is 2.27. The molecule has 9 heavy (non-hydrogen) atoms. The Morgan fingerprint density at radius 1 is 1.67 bits per heavy atom. The van der Waals surface area contributed by atoms with Gasteiger partial charge in [0.1, 0.15) is 0 Å². The smallest absolute Gasteiger partial charge is 0.211 e. The Hall–Kier alpha value is -1.04. The summed E-state index contributed by atoms with van der Waals surface area (Å²) in [6.45, 7) is 1.87. The van der Waals surface area contributed by atoms with Crippen molar-refractivity contribution in [3.8, 4) is 0 Å². The van der Waals surface area contributed by atoms with Gasteiger partial charge >= 0.3 is 0 Å². The van der Waals surface area contributed by atoms with Crippen LogP contribution in [0.4, 0.5) is 0 Å². The summed E-state index contributed by atoms with van der Waals surface area (Å²) in [6.07, 6.45) is 0. The molecule has 0 bridgehead atoms. The highest BCUT2D eigenvalue weighted by atomic mass is 28.2. The van der Waals surface area contributed by atoms with Gasteiger partial charge < -0.3 is 11.5 Å². The van der Waals surface area contributed by atoms with E-state index >= 15 is 0 Å². The molecular weight excluding hydrogens is 134 g/mol. The zero-order chi connectivity index (χ0) is 7.28. The second kappa shape index (κ2) is 3.90.